The van der Waals surface area contributed by atoms with E-state index in [4.69, 9.17) is 5.11 Å². The molecule has 8 heteroatoms. The van der Waals surface area contributed by atoms with Crippen LogP contribution in [0.1, 0.15) is 5.56 Å². The largest absolute Gasteiger partial charge is 0.395 e. The number of aliphatic hydroxyl groups is 1. The average Bonchev–Trinajstić information content (AvgIpc) is 2.43. The summed E-state index contributed by atoms with van der Waals surface area (Å²) in [6.07, 6.45) is 0. The Hall–Kier alpha value is -1.09. The van der Waals surface area contributed by atoms with Gasteiger partial charge >= 0.3 is 0 Å². The summed E-state index contributed by atoms with van der Waals surface area (Å²) >= 11 is 0. The van der Waals surface area contributed by atoms with Crippen LogP contribution in [0, 0.1) is 18.6 Å². The van der Waals surface area contributed by atoms with Gasteiger partial charge in [0.2, 0.25) is 10.0 Å². The molecule has 2 rings (SSSR count). The predicted octanol–water partition coefficient (Wildman–Crippen LogP) is 0.572. The van der Waals surface area contributed by atoms with Crippen LogP contribution in [0.25, 0.3) is 0 Å². The Kier molecular flexibility index (Phi) is 4.92. The fourth-order valence-electron chi connectivity index (χ4n) is 2.30. The molecule has 0 unspecified atom stereocenters. The van der Waals surface area contributed by atoms with Crippen molar-refractivity contribution in [2.45, 2.75) is 11.8 Å². The zero-order valence-corrected chi connectivity index (χ0v) is 12.5. The first-order valence-corrected chi connectivity index (χ1v) is 8.09. The Labute approximate surface area is 122 Å². The third-order valence-electron chi connectivity index (χ3n) is 3.58. The van der Waals surface area contributed by atoms with Crippen molar-refractivity contribution < 1.29 is 22.3 Å². The van der Waals surface area contributed by atoms with E-state index in [0.29, 0.717) is 25.7 Å². The molecule has 1 saturated heterocycles. The summed E-state index contributed by atoms with van der Waals surface area (Å²) in [7, 11) is -3.97. The minimum atomic E-state index is -3.97. The summed E-state index contributed by atoms with van der Waals surface area (Å²) in [5.41, 5.74) is 0.0916. The van der Waals surface area contributed by atoms with Crippen molar-refractivity contribution in [2.75, 3.05) is 39.3 Å². The maximum Gasteiger partial charge on any atom is 0.246 e. The lowest BCUT2D eigenvalue weighted by Crippen LogP contribution is -2.49. The van der Waals surface area contributed by atoms with Gasteiger partial charge in [0.15, 0.2) is 0 Å². The third-order valence-corrected chi connectivity index (χ3v) is 5.49. The third kappa shape index (κ3) is 3.39. The molecule has 1 aliphatic rings. The highest BCUT2D eigenvalue weighted by Crippen LogP contribution is 2.23. The van der Waals surface area contributed by atoms with Crippen molar-refractivity contribution in [1.29, 1.82) is 0 Å². The van der Waals surface area contributed by atoms with E-state index < -0.39 is 26.6 Å². The molecular formula is C13H18F2N2O3S. The summed E-state index contributed by atoms with van der Waals surface area (Å²) < 4.78 is 53.1. The number of β-amino-alcohol motifs (C(OH)–C–C–N with tert-alkyl or cyclic N) is 1. The van der Waals surface area contributed by atoms with Gasteiger partial charge in [0.05, 0.1) is 6.61 Å². The molecule has 1 aromatic carbocycles. The highest BCUT2D eigenvalue weighted by atomic mass is 32.2. The number of rotatable bonds is 4. The molecule has 5 nitrogen and oxygen atoms in total. The monoisotopic (exact) mass is 320 g/mol. The van der Waals surface area contributed by atoms with Gasteiger partial charge in [-0.25, -0.2) is 17.2 Å². The van der Waals surface area contributed by atoms with Gasteiger partial charge in [-0.2, -0.15) is 4.31 Å². The molecule has 1 aromatic rings. The van der Waals surface area contributed by atoms with Gasteiger partial charge in [-0.1, -0.05) is 0 Å². The molecule has 118 valence electrons. The molecule has 0 aromatic heterocycles. The van der Waals surface area contributed by atoms with Crippen molar-refractivity contribution in [2.24, 2.45) is 0 Å². The second-order valence-electron chi connectivity index (χ2n) is 5.00. The summed E-state index contributed by atoms with van der Waals surface area (Å²) in [5, 5.41) is 8.86. The average molecular weight is 320 g/mol. The number of nitrogens with zero attached hydrogens (tertiary/aromatic N) is 2. The van der Waals surface area contributed by atoms with Crippen LogP contribution in [-0.2, 0) is 10.0 Å². The molecule has 0 atom stereocenters. The van der Waals surface area contributed by atoms with Gasteiger partial charge in [0, 0.05) is 38.8 Å². The summed E-state index contributed by atoms with van der Waals surface area (Å²) in [5.74, 6) is -1.84. The van der Waals surface area contributed by atoms with Crippen LogP contribution >= 0.6 is 0 Å². The lowest BCUT2D eigenvalue weighted by Gasteiger charge is -2.33. The first kappa shape index (κ1) is 16.3. The van der Waals surface area contributed by atoms with Crippen LogP contribution in [0.15, 0.2) is 17.0 Å². The molecule has 1 N–H and O–H groups in total. The number of aryl methyl sites for hydroxylation is 1. The highest BCUT2D eigenvalue weighted by molar-refractivity contribution is 7.89. The molecule has 0 amide bonds. The Morgan fingerprint density at radius 2 is 1.76 bits per heavy atom. The van der Waals surface area contributed by atoms with Crippen molar-refractivity contribution in [3.8, 4) is 0 Å². The summed E-state index contributed by atoms with van der Waals surface area (Å²) in [6, 6.07) is 1.63. The molecule has 0 bridgehead atoms. The molecule has 0 saturated carbocycles. The van der Waals surface area contributed by atoms with E-state index in [9.17, 15) is 17.2 Å². The first-order valence-electron chi connectivity index (χ1n) is 6.65. The summed E-state index contributed by atoms with van der Waals surface area (Å²) in [4.78, 5) is 1.44. The topological polar surface area (TPSA) is 60.9 Å². The van der Waals surface area contributed by atoms with Crippen molar-refractivity contribution in [1.82, 2.24) is 9.21 Å². The normalized spacial score (nSPS) is 18.1. The maximum atomic E-state index is 13.8. The van der Waals surface area contributed by atoms with Gasteiger partial charge in [0.1, 0.15) is 16.5 Å². The Morgan fingerprint density at radius 3 is 2.33 bits per heavy atom. The quantitative estimate of drug-likeness (QED) is 0.881. The minimum Gasteiger partial charge on any atom is -0.395 e. The SMILES string of the molecule is Cc1cc(S(=O)(=O)N2CCN(CCO)CC2)c(F)cc1F. The number of halogens is 2. The van der Waals surface area contributed by atoms with Gasteiger partial charge in [-0.05, 0) is 18.6 Å². The zero-order chi connectivity index (χ0) is 15.6. The Balaban J connectivity index is 2.22. The lowest BCUT2D eigenvalue weighted by molar-refractivity contribution is 0.151. The van der Waals surface area contributed by atoms with E-state index >= 15 is 0 Å². The summed E-state index contributed by atoms with van der Waals surface area (Å²) in [6.45, 7) is 3.28. The van der Waals surface area contributed by atoms with Crippen LogP contribution < -0.4 is 0 Å². The molecule has 1 fully saturated rings. The molecular weight excluding hydrogens is 302 g/mol. The molecule has 21 heavy (non-hydrogen) atoms. The van der Waals surface area contributed by atoms with Crippen LogP contribution in [0.3, 0.4) is 0 Å². The Morgan fingerprint density at radius 1 is 1.14 bits per heavy atom. The molecule has 0 spiro atoms. The van der Waals surface area contributed by atoms with E-state index in [0.717, 1.165) is 6.07 Å². The number of sulfonamides is 1. The fraction of sp³-hybridized carbons (Fsp3) is 0.538. The van der Waals surface area contributed by atoms with Gasteiger partial charge in [0.25, 0.3) is 0 Å². The second kappa shape index (κ2) is 6.35. The lowest BCUT2D eigenvalue weighted by atomic mass is 10.2. The molecule has 1 aliphatic heterocycles. The number of piperazine rings is 1. The maximum absolute atomic E-state index is 13.8. The van der Waals surface area contributed by atoms with Crippen molar-refractivity contribution in [3.63, 3.8) is 0 Å². The minimum absolute atomic E-state index is 0.0124. The van der Waals surface area contributed by atoms with Crippen LogP contribution in [0.5, 0.6) is 0 Å². The number of aliphatic hydroxyl groups excluding tert-OH is 1. The highest BCUT2D eigenvalue weighted by Gasteiger charge is 2.31. The first-order chi connectivity index (χ1) is 9.86. The van der Waals surface area contributed by atoms with E-state index in [1.54, 1.807) is 0 Å². The molecule has 0 radical (unpaired) electrons. The smallest absolute Gasteiger partial charge is 0.246 e. The van der Waals surface area contributed by atoms with Crippen molar-refractivity contribution >= 4 is 10.0 Å². The van der Waals surface area contributed by atoms with Gasteiger partial charge < -0.3 is 5.11 Å². The van der Waals surface area contributed by atoms with E-state index in [2.05, 4.69) is 0 Å². The second-order valence-corrected chi connectivity index (χ2v) is 6.91. The number of hydrogen-bond donors (Lipinski definition) is 1. The van der Waals surface area contributed by atoms with Crippen LogP contribution in [0.4, 0.5) is 8.78 Å². The van der Waals surface area contributed by atoms with Crippen LogP contribution in [-0.4, -0.2) is 62.1 Å². The molecule has 0 aliphatic carbocycles. The van der Waals surface area contributed by atoms with Gasteiger partial charge in [-0.15, -0.1) is 0 Å². The molecule has 1 heterocycles. The van der Waals surface area contributed by atoms with Gasteiger partial charge in [-0.3, -0.25) is 4.90 Å². The zero-order valence-electron chi connectivity index (χ0n) is 11.7. The van der Waals surface area contributed by atoms with Crippen molar-refractivity contribution in [3.05, 3.63) is 29.3 Å². The number of hydrogen-bond acceptors (Lipinski definition) is 4. The standard InChI is InChI=1S/C13H18F2N2O3S/c1-10-8-13(12(15)9-11(10)14)21(19,20)17-4-2-16(3-5-17)6-7-18/h8-9,18H,2-7H2,1H3. The fourth-order valence-corrected chi connectivity index (χ4v) is 3.86. The van der Waals surface area contributed by atoms with Crippen LogP contribution in [0.2, 0.25) is 0 Å². The van der Waals surface area contributed by atoms with E-state index in [1.807, 2.05) is 4.90 Å². The van der Waals surface area contributed by atoms with E-state index in [-0.39, 0.29) is 25.3 Å². The predicted molar refractivity (Wildman–Crippen MR) is 73.4 cm³/mol. The Bertz CT molecular complexity index is 614. The number of benzene rings is 1. The van der Waals surface area contributed by atoms with E-state index in [1.165, 1.54) is 11.2 Å².